The summed E-state index contributed by atoms with van der Waals surface area (Å²) in [6.45, 7) is 1.86. The minimum atomic E-state index is -4.64. The molecule has 0 spiro atoms. The second kappa shape index (κ2) is 6.34. The Labute approximate surface area is 151 Å². The molecule has 0 aliphatic rings. The Morgan fingerprint density at radius 3 is 2.48 bits per heavy atom. The maximum absolute atomic E-state index is 13.0. The van der Waals surface area contributed by atoms with E-state index >= 15 is 0 Å². The number of benzene rings is 1. The lowest BCUT2D eigenvalue weighted by atomic mass is 10.1. The van der Waals surface area contributed by atoms with Crippen molar-refractivity contribution in [3.63, 3.8) is 0 Å². The highest BCUT2D eigenvalue weighted by atomic mass is 35.5. The minimum Gasteiger partial charge on any atom is -0.351 e. The lowest BCUT2D eigenvalue weighted by Gasteiger charge is -2.27. The second-order valence-electron chi connectivity index (χ2n) is 5.44. The molecule has 0 fully saturated rings. The summed E-state index contributed by atoms with van der Waals surface area (Å²) >= 11 is 12.1. The molecule has 0 amide bonds. The Balaban J connectivity index is 2.00. The molecule has 0 bridgehead atoms. The molecule has 0 aliphatic heterocycles. The van der Waals surface area contributed by atoms with Gasteiger partial charge in [-0.2, -0.15) is 17.7 Å². The van der Waals surface area contributed by atoms with E-state index in [0.29, 0.717) is 20.4 Å². The smallest absolute Gasteiger partial charge is 0.351 e. The fraction of sp³-hybridized carbons (Fsp3) is 0.267. The lowest BCUT2D eigenvalue weighted by molar-refractivity contribution is -0.146. The van der Waals surface area contributed by atoms with Gasteiger partial charge < -0.3 is 4.90 Å². The summed E-state index contributed by atoms with van der Waals surface area (Å²) in [6.07, 6.45) is -4.64. The lowest BCUT2D eigenvalue weighted by Crippen LogP contribution is -2.24. The number of fused-ring (bicyclic) bond motifs is 1. The van der Waals surface area contributed by atoms with Crippen molar-refractivity contribution in [2.45, 2.75) is 19.1 Å². The van der Waals surface area contributed by atoms with Crippen molar-refractivity contribution in [3.8, 4) is 0 Å². The molecule has 0 saturated carbocycles. The molecule has 0 saturated heterocycles. The highest BCUT2D eigenvalue weighted by Crippen LogP contribution is 2.32. The molecular weight excluding hydrogens is 378 g/mol. The SMILES string of the molecule is C[C@@H](c1ccc(Cl)cc1Cl)N(C)c1ccc2nnc(C(F)(F)F)n2n1. The number of nitrogens with zero attached hydrogens (tertiary/aromatic N) is 5. The van der Waals surface area contributed by atoms with E-state index in [-0.39, 0.29) is 11.7 Å². The first-order valence-corrected chi connectivity index (χ1v) is 7.91. The third kappa shape index (κ3) is 3.36. The number of anilines is 1. The molecular formula is C15H12Cl2F3N5. The highest BCUT2D eigenvalue weighted by Gasteiger charge is 2.37. The van der Waals surface area contributed by atoms with Gasteiger partial charge in [0.15, 0.2) is 5.65 Å². The van der Waals surface area contributed by atoms with E-state index in [2.05, 4.69) is 15.3 Å². The van der Waals surface area contributed by atoms with Gasteiger partial charge in [-0.15, -0.1) is 15.3 Å². The van der Waals surface area contributed by atoms with Gasteiger partial charge in [-0.1, -0.05) is 29.3 Å². The molecule has 2 aromatic heterocycles. The van der Waals surface area contributed by atoms with E-state index in [1.807, 2.05) is 6.92 Å². The number of hydrogen-bond donors (Lipinski definition) is 0. The summed E-state index contributed by atoms with van der Waals surface area (Å²) in [7, 11) is 1.71. The molecule has 3 rings (SSSR count). The number of hydrogen-bond acceptors (Lipinski definition) is 4. The fourth-order valence-corrected chi connectivity index (χ4v) is 2.96. The van der Waals surface area contributed by atoms with Crippen LogP contribution in [0.1, 0.15) is 24.4 Å². The molecule has 5 nitrogen and oxygen atoms in total. The number of alkyl halides is 3. The Bertz CT molecular complexity index is 925. The molecule has 1 atom stereocenters. The summed E-state index contributed by atoms with van der Waals surface area (Å²) < 4.78 is 39.7. The fourth-order valence-electron chi connectivity index (χ4n) is 2.39. The Hall–Kier alpha value is -2.06. The molecule has 1 aromatic carbocycles. The van der Waals surface area contributed by atoms with Crippen LogP contribution >= 0.6 is 23.2 Å². The zero-order valence-corrected chi connectivity index (χ0v) is 14.6. The van der Waals surface area contributed by atoms with Crippen LogP contribution in [0.3, 0.4) is 0 Å². The Kier molecular flexibility index (Phi) is 4.51. The van der Waals surface area contributed by atoms with Crippen LogP contribution in [0, 0.1) is 0 Å². The van der Waals surface area contributed by atoms with E-state index < -0.39 is 12.0 Å². The Morgan fingerprint density at radius 2 is 1.84 bits per heavy atom. The average Bonchev–Trinajstić information content (AvgIpc) is 2.96. The first-order chi connectivity index (χ1) is 11.7. The van der Waals surface area contributed by atoms with Gasteiger partial charge in [-0.05, 0) is 36.8 Å². The number of halogens is 5. The van der Waals surface area contributed by atoms with Crippen LogP contribution in [-0.2, 0) is 6.18 Å². The third-order valence-electron chi connectivity index (χ3n) is 3.86. The van der Waals surface area contributed by atoms with E-state index in [4.69, 9.17) is 23.2 Å². The first kappa shape index (κ1) is 17.8. The Morgan fingerprint density at radius 1 is 1.12 bits per heavy atom. The zero-order chi connectivity index (χ0) is 18.4. The quantitative estimate of drug-likeness (QED) is 0.654. The van der Waals surface area contributed by atoms with E-state index in [1.165, 1.54) is 6.07 Å². The monoisotopic (exact) mass is 389 g/mol. The summed E-state index contributed by atoms with van der Waals surface area (Å²) in [5.74, 6) is -0.855. The standard InChI is InChI=1S/C15H12Cl2F3N5/c1-8(10-4-3-9(16)7-11(10)17)24(2)13-6-5-12-21-22-14(15(18,19)20)25(12)23-13/h3-8H,1-2H3/t8-/m0/s1. The van der Waals surface area contributed by atoms with Crippen molar-refractivity contribution in [1.82, 2.24) is 19.8 Å². The van der Waals surface area contributed by atoms with Crippen LogP contribution in [0.5, 0.6) is 0 Å². The van der Waals surface area contributed by atoms with Crippen molar-refractivity contribution in [2.24, 2.45) is 0 Å². The summed E-state index contributed by atoms with van der Waals surface area (Å²) in [4.78, 5) is 1.70. The van der Waals surface area contributed by atoms with Crippen molar-refractivity contribution in [2.75, 3.05) is 11.9 Å². The van der Waals surface area contributed by atoms with Gasteiger partial charge >= 0.3 is 6.18 Å². The molecule has 2 heterocycles. The van der Waals surface area contributed by atoms with Crippen molar-refractivity contribution in [3.05, 3.63) is 51.8 Å². The van der Waals surface area contributed by atoms with Gasteiger partial charge in [0, 0.05) is 17.1 Å². The van der Waals surface area contributed by atoms with Gasteiger partial charge in [0.05, 0.1) is 6.04 Å². The van der Waals surface area contributed by atoms with Crippen LogP contribution < -0.4 is 4.90 Å². The van der Waals surface area contributed by atoms with Crippen LogP contribution in [0.4, 0.5) is 19.0 Å². The maximum Gasteiger partial charge on any atom is 0.453 e. The molecule has 0 radical (unpaired) electrons. The van der Waals surface area contributed by atoms with Crippen LogP contribution in [0.15, 0.2) is 30.3 Å². The van der Waals surface area contributed by atoms with Gasteiger partial charge in [-0.25, -0.2) is 0 Å². The van der Waals surface area contributed by atoms with Crippen molar-refractivity contribution < 1.29 is 13.2 Å². The second-order valence-corrected chi connectivity index (χ2v) is 6.28. The molecule has 0 unspecified atom stereocenters. The van der Waals surface area contributed by atoms with Gasteiger partial charge in [0.2, 0.25) is 0 Å². The normalized spacial score (nSPS) is 13.2. The predicted molar refractivity (Wildman–Crippen MR) is 89.1 cm³/mol. The summed E-state index contributed by atoms with van der Waals surface area (Å²) in [5.41, 5.74) is 0.789. The maximum atomic E-state index is 13.0. The summed E-state index contributed by atoms with van der Waals surface area (Å²) in [5, 5.41) is 11.6. The van der Waals surface area contributed by atoms with E-state index in [1.54, 1.807) is 36.2 Å². The molecule has 25 heavy (non-hydrogen) atoms. The third-order valence-corrected chi connectivity index (χ3v) is 4.42. The van der Waals surface area contributed by atoms with E-state index in [0.717, 1.165) is 5.56 Å². The largest absolute Gasteiger partial charge is 0.453 e. The van der Waals surface area contributed by atoms with Gasteiger partial charge in [0.1, 0.15) is 5.82 Å². The van der Waals surface area contributed by atoms with Crippen molar-refractivity contribution in [1.29, 1.82) is 0 Å². The molecule has 132 valence electrons. The average molecular weight is 390 g/mol. The van der Waals surface area contributed by atoms with Gasteiger partial charge in [0.25, 0.3) is 5.82 Å². The van der Waals surface area contributed by atoms with Crippen LogP contribution in [0.2, 0.25) is 10.0 Å². The number of rotatable bonds is 3. The number of aromatic nitrogens is 4. The summed E-state index contributed by atoms with van der Waals surface area (Å²) in [6, 6.07) is 7.83. The molecule has 0 aliphatic carbocycles. The topological polar surface area (TPSA) is 46.3 Å². The van der Waals surface area contributed by atoms with Crippen molar-refractivity contribution >= 4 is 34.7 Å². The van der Waals surface area contributed by atoms with Crippen LogP contribution in [-0.4, -0.2) is 26.9 Å². The van der Waals surface area contributed by atoms with Crippen LogP contribution in [0.25, 0.3) is 5.65 Å². The highest BCUT2D eigenvalue weighted by molar-refractivity contribution is 6.35. The minimum absolute atomic E-state index is 0.0154. The van der Waals surface area contributed by atoms with E-state index in [9.17, 15) is 13.2 Å². The van der Waals surface area contributed by atoms with Gasteiger partial charge in [-0.3, -0.25) is 0 Å². The predicted octanol–water partition coefficient (Wildman–Crippen LogP) is 4.65. The molecule has 10 heteroatoms. The molecule has 3 aromatic rings. The molecule has 0 N–H and O–H groups in total. The first-order valence-electron chi connectivity index (χ1n) is 7.16. The zero-order valence-electron chi connectivity index (χ0n) is 13.1.